The van der Waals surface area contributed by atoms with Gasteiger partial charge in [-0.3, -0.25) is 0 Å². The van der Waals surface area contributed by atoms with Gasteiger partial charge in [0, 0.05) is 11.4 Å². The van der Waals surface area contributed by atoms with Gasteiger partial charge in [0.2, 0.25) is 0 Å². The van der Waals surface area contributed by atoms with Crippen molar-refractivity contribution in [2.45, 2.75) is 34.1 Å². The van der Waals surface area contributed by atoms with Gasteiger partial charge in [0.1, 0.15) is 0 Å². The molecular formula is C13H19N3O. The zero-order valence-electron chi connectivity index (χ0n) is 10.8. The van der Waals surface area contributed by atoms with Crippen LogP contribution in [0.4, 0.5) is 10.5 Å². The molecule has 17 heavy (non-hydrogen) atoms. The van der Waals surface area contributed by atoms with Gasteiger partial charge in [0.25, 0.3) is 0 Å². The third kappa shape index (κ3) is 4.26. The smallest absolute Gasteiger partial charge is 0.306 e. The number of hydrazone groups is 1. The zero-order chi connectivity index (χ0) is 12.8. The maximum atomic E-state index is 11.5. The van der Waals surface area contributed by atoms with Gasteiger partial charge >= 0.3 is 6.03 Å². The molecule has 1 rings (SSSR count). The van der Waals surface area contributed by atoms with Crippen molar-refractivity contribution in [1.29, 1.82) is 0 Å². The van der Waals surface area contributed by atoms with Crippen molar-refractivity contribution < 1.29 is 4.79 Å². The SMILES string of the molecule is CC/C(C)=N/NC(=O)Nc1ccc(C)cc1C. The second kappa shape index (κ2) is 6.03. The maximum Gasteiger partial charge on any atom is 0.339 e. The van der Waals surface area contributed by atoms with E-state index < -0.39 is 0 Å². The molecule has 92 valence electrons. The summed E-state index contributed by atoms with van der Waals surface area (Å²) in [6.45, 7) is 7.84. The molecule has 2 amide bonds. The van der Waals surface area contributed by atoms with E-state index in [1.165, 1.54) is 5.56 Å². The Morgan fingerprint density at radius 3 is 2.65 bits per heavy atom. The Morgan fingerprint density at radius 1 is 1.35 bits per heavy atom. The Morgan fingerprint density at radius 2 is 2.06 bits per heavy atom. The van der Waals surface area contributed by atoms with Crippen LogP contribution < -0.4 is 10.7 Å². The number of nitrogens with one attached hydrogen (secondary N) is 2. The zero-order valence-corrected chi connectivity index (χ0v) is 10.8. The van der Waals surface area contributed by atoms with E-state index in [0.29, 0.717) is 0 Å². The van der Waals surface area contributed by atoms with E-state index in [1.54, 1.807) is 0 Å². The summed E-state index contributed by atoms with van der Waals surface area (Å²) in [4.78, 5) is 11.5. The summed E-state index contributed by atoms with van der Waals surface area (Å²) >= 11 is 0. The highest BCUT2D eigenvalue weighted by molar-refractivity contribution is 5.91. The molecule has 0 aliphatic rings. The van der Waals surface area contributed by atoms with Crippen LogP contribution in [0.3, 0.4) is 0 Å². The molecule has 0 fully saturated rings. The summed E-state index contributed by atoms with van der Waals surface area (Å²) < 4.78 is 0. The summed E-state index contributed by atoms with van der Waals surface area (Å²) in [6.07, 6.45) is 0.823. The molecule has 2 N–H and O–H groups in total. The van der Waals surface area contributed by atoms with E-state index in [2.05, 4.69) is 15.8 Å². The maximum absolute atomic E-state index is 11.5. The molecule has 0 saturated heterocycles. The number of nitrogens with zero attached hydrogens (tertiary/aromatic N) is 1. The Kier molecular flexibility index (Phi) is 4.69. The molecule has 0 aliphatic heterocycles. The van der Waals surface area contributed by atoms with Crippen molar-refractivity contribution in [3.8, 4) is 0 Å². The van der Waals surface area contributed by atoms with Crippen LogP contribution in [-0.2, 0) is 0 Å². The molecular weight excluding hydrogens is 214 g/mol. The number of carbonyl (C=O) groups is 1. The largest absolute Gasteiger partial charge is 0.339 e. The van der Waals surface area contributed by atoms with Gasteiger partial charge in [-0.1, -0.05) is 24.6 Å². The Labute approximate surface area is 102 Å². The average Bonchev–Trinajstić information content (AvgIpc) is 2.29. The van der Waals surface area contributed by atoms with Crippen LogP contribution in [0, 0.1) is 13.8 Å². The standard InChI is InChI=1S/C13H19N3O/c1-5-11(4)15-16-13(17)14-12-7-6-9(2)8-10(12)3/h6-8H,5H2,1-4H3,(H2,14,16,17)/b15-11+. The molecule has 0 heterocycles. The number of anilines is 1. The van der Waals surface area contributed by atoms with Crippen molar-refractivity contribution >= 4 is 17.4 Å². The van der Waals surface area contributed by atoms with Crippen LogP contribution >= 0.6 is 0 Å². The molecule has 4 nitrogen and oxygen atoms in total. The normalized spacial score (nSPS) is 11.2. The van der Waals surface area contributed by atoms with Gasteiger partial charge in [-0.2, -0.15) is 5.10 Å². The number of rotatable bonds is 3. The molecule has 0 atom stereocenters. The monoisotopic (exact) mass is 233 g/mol. The minimum Gasteiger partial charge on any atom is -0.306 e. The molecule has 0 spiro atoms. The van der Waals surface area contributed by atoms with Crippen LogP contribution in [0.1, 0.15) is 31.4 Å². The molecule has 0 radical (unpaired) electrons. The van der Waals surface area contributed by atoms with Crippen molar-refractivity contribution in [1.82, 2.24) is 5.43 Å². The number of benzene rings is 1. The molecule has 0 bridgehead atoms. The second-order valence-electron chi connectivity index (χ2n) is 4.08. The van der Waals surface area contributed by atoms with E-state index >= 15 is 0 Å². The Balaban J connectivity index is 2.62. The Hall–Kier alpha value is -1.84. The van der Waals surface area contributed by atoms with Crippen molar-refractivity contribution in [3.05, 3.63) is 29.3 Å². The molecule has 0 aliphatic carbocycles. The minimum absolute atomic E-state index is 0.315. The fraction of sp³-hybridized carbons (Fsp3) is 0.385. The van der Waals surface area contributed by atoms with Gasteiger partial charge in [-0.25, -0.2) is 10.2 Å². The first-order valence-electron chi connectivity index (χ1n) is 5.70. The number of amides is 2. The minimum atomic E-state index is -0.315. The quantitative estimate of drug-likeness (QED) is 0.611. The van der Waals surface area contributed by atoms with Gasteiger partial charge in [0.15, 0.2) is 0 Å². The summed E-state index contributed by atoms with van der Waals surface area (Å²) in [5.41, 5.74) is 6.37. The molecule has 1 aromatic carbocycles. The number of urea groups is 1. The summed E-state index contributed by atoms with van der Waals surface area (Å²) in [7, 11) is 0. The Bertz CT molecular complexity index is 438. The molecule has 4 heteroatoms. The van der Waals surface area contributed by atoms with E-state index in [4.69, 9.17) is 0 Å². The second-order valence-corrected chi connectivity index (χ2v) is 4.08. The van der Waals surface area contributed by atoms with E-state index in [9.17, 15) is 4.79 Å². The van der Waals surface area contributed by atoms with E-state index in [0.717, 1.165) is 23.4 Å². The fourth-order valence-electron chi connectivity index (χ4n) is 1.33. The first-order valence-corrected chi connectivity index (χ1v) is 5.70. The highest BCUT2D eigenvalue weighted by Gasteiger charge is 2.03. The van der Waals surface area contributed by atoms with Crippen molar-refractivity contribution in [2.24, 2.45) is 5.10 Å². The van der Waals surface area contributed by atoms with Crippen LogP contribution in [0.15, 0.2) is 23.3 Å². The van der Waals surface area contributed by atoms with Gasteiger partial charge in [-0.05, 0) is 38.8 Å². The van der Waals surface area contributed by atoms with E-state index in [1.807, 2.05) is 45.9 Å². The highest BCUT2D eigenvalue weighted by Crippen LogP contribution is 2.15. The number of hydrogen-bond donors (Lipinski definition) is 2. The van der Waals surface area contributed by atoms with Crippen LogP contribution in [0.2, 0.25) is 0 Å². The first-order chi connectivity index (χ1) is 8.02. The lowest BCUT2D eigenvalue weighted by Crippen LogP contribution is -2.25. The summed E-state index contributed by atoms with van der Waals surface area (Å²) in [5.74, 6) is 0. The first kappa shape index (κ1) is 13.2. The van der Waals surface area contributed by atoms with E-state index in [-0.39, 0.29) is 6.03 Å². The number of carbonyl (C=O) groups excluding carboxylic acids is 1. The number of hydrogen-bond acceptors (Lipinski definition) is 2. The highest BCUT2D eigenvalue weighted by atomic mass is 16.2. The van der Waals surface area contributed by atoms with Crippen LogP contribution in [0.5, 0.6) is 0 Å². The van der Waals surface area contributed by atoms with Crippen molar-refractivity contribution in [3.63, 3.8) is 0 Å². The van der Waals surface area contributed by atoms with Crippen LogP contribution in [-0.4, -0.2) is 11.7 Å². The molecule has 0 aromatic heterocycles. The number of aryl methyl sites for hydroxylation is 2. The predicted molar refractivity (Wildman–Crippen MR) is 71.5 cm³/mol. The third-order valence-electron chi connectivity index (χ3n) is 2.49. The van der Waals surface area contributed by atoms with Gasteiger partial charge in [-0.15, -0.1) is 0 Å². The third-order valence-corrected chi connectivity index (χ3v) is 2.49. The summed E-state index contributed by atoms with van der Waals surface area (Å²) in [6, 6.07) is 5.56. The van der Waals surface area contributed by atoms with Crippen LogP contribution in [0.25, 0.3) is 0 Å². The predicted octanol–water partition coefficient (Wildman–Crippen LogP) is 3.21. The van der Waals surface area contributed by atoms with Gasteiger partial charge in [0.05, 0.1) is 0 Å². The lowest BCUT2D eigenvalue weighted by Gasteiger charge is -2.08. The lowest BCUT2D eigenvalue weighted by molar-refractivity contribution is 0.252. The fourth-order valence-corrected chi connectivity index (χ4v) is 1.33. The summed E-state index contributed by atoms with van der Waals surface area (Å²) in [5, 5.41) is 6.70. The average molecular weight is 233 g/mol. The molecule has 0 saturated carbocycles. The molecule has 1 aromatic rings. The lowest BCUT2D eigenvalue weighted by atomic mass is 10.1. The van der Waals surface area contributed by atoms with Crippen molar-refractivity contribution in [2.75, 3.05) is 5.32 Å². The topological polar surface area (TPSA) is 53.5 Å². The molecule has 0 unspecified atom stereocenters. The van der Waals surface area contributed by atoms with Gasteiger partial charge < -0.3 is 5.32 Å².